The molecule has 0 aromatic heterocycles. The van der Waals surface area contributed by atoms with Crippen molar-refractivity contribution in [2.75, 3.05) is 6.54 Å². The van der Waals surface area contributed by atoms with Crippen LogP contribution in [0.2, 0.25) is 0 Å². The van der Waals surface area contributed by atoms with Crippen molar-refractivity contribution < 1.29 is 12.4 Å². The van der Waals surface area contributed by atoms with Gasteiger partial charge in [-0.25, -0.2) is 0 Å². The van der Waals surface area contributed by atoms with E-state index in [0.29, 0.717) is 6.04 Å². The molecule has 2 heteroatoms. The molecule has 0 saturated heterocycles. The zero-order valence-electron chi connectivity index (χ0n) is 8.26. The van der Waals surface area contributed by atoms with Crippen LogP contribution in [0.4, 0.5) is 0 Å². The van der Waals surface area contributed by atoms with Crippen LogP contribution in [0, 0.1) is 0 Å². The van der Waals surface area contributed by atoms with Crippen molar-refractivity contribution in [1.29, 1.82) is 0 Å². The maximum atomic E-state index is 3.39. The van der Waals surface area contributed by atoms with E-state index in [1.807, 2.05) is 0 Å². The van der Waals surface area contributed by atoms with Gasteiger partial charge in [-0.15, -0.1) is 0 Å². The van der Waals surface area contributed by atoms with Crippen molar-refractivity contribution in [2.24, 2.45) is 0 Å². The van der Waals surface area contributed by atoms with Crippen LogP contribution in [0.15, 0.2) is 30.3 Å². The third-order valence-electron chi connectivity index (χ3n) is 1.81. The fourth-order valence-electron chi connectivity index (χ4n) is 1.15. The molecule has 0 fully saturated rings. The molecular formula is C11H17ClN-. The van der Waals surface area contributed by atoms with Gasteiger partial charge in [0.1, 0.15) is 0 Å². The highest BCUT2D eigenvalue weighted by atomic mass is 35.5. The maximum absolute atomic E-state index is 3.39. The number of nitrogens with one attached hydrogen (secondary N) is 1. The molecular weight excluding hydrogens is 182 g/mol. The second-order valence-corrected chi connectivity index (χ2v) is 3.34. The highest BCUT2D eigenvalue weighted by molar-refractivity contribution is 5.14. The molecule has 0 unspecified atom stereocenters. The first-order chi connectivity index (χ1) is 5.79. The van der Waals surface area contributed by atoms with Crippen LogP contribution in [0.25, 0.3) is 0 Å². The van der Waals surface area contributed by atoms with Crippen LogP contribution < -0.4 is 17.7 Å². The summed E-state index contributed by atoms with van der Waals surface area (Å²) in [5, 5.41) is 3.39. The van der Waals surface area contributed by atoms with Crippen LogP contribution in [-0.4, -0.2) is 12.6 Å². The summed E-state index contributed by atoms with van der Waals surface area (Å²) < 4.78 is 0. The largest absolute Gasteiger partial charge is 1.00 e. The van der Waals surface area contributed by atoms with Crippen molar-refractivity contribution in [3.05, 3.63) is 35.9 Å². The Morgan fingerprint density at radius 3 is 2.31 bits per heavy atom. The maximum Gasteiger partial charge on any atom is 0.00105 e. The summed E-state index contributed by atoms with van der Waals surface area (Å²) in [6.07, 6.45) is 1.12. The van der Waals surface area contributed by atoms with Gasteiger partial charge >= 0.3 is 0 Å². The lowest BCUT2D eigenvalue weighted by Gasteiger charge is -2.07. The average Bonchev–Trinajstić information content (AvgIpc) is 2.05. The zero-order chi connectivity index (χ0) is 8.81. The fourth-order valence-corrected chi connectivity index (χ4v) is 1.15. The molecule has 0 spiro atoms. The van der Waals surface area contributed by atoms with E-state index in [2.05, 4.69) is 49.5 Å². The van der Waals surface area contributed by atoms with E-state index >= 15 is 0 Å². The third-order valence-corrected chi connectivity index (χ3v) is 1.81. The Morgan fingerprint density at radius 2 is 1.77 bits per heavy atom. The van der Waals surface area contributed by atoms with E-state index in [1.54, 1.807) is 0 Å². The predicted molar refractivity (Wildman–Crippen MR) is 53.3 cm³/mol. The van der Waals surface area contributed by atoms with Gasteiger partial charge in [0.15, 0.2) is 0 Å². The predicted octanol–water partition coefficient (Wildman–Crippen LogP) is -0.769. The van der Waals surface area contributed by atoms with Crippen molar-refractivity contribution >= 4 is 0 Å². The van der Waals surface area contributed by atoms with Crippen molar-refractivity contribution in [3.63, 3.8) is 0 Å². The number of benzene rings is 1. The molecule has 1 aromatic rings. The van der Waals surface area contributed by atoms with Gasteiger partial charge in [0.25, 0.3) is 0 Å². The standard InChI is InChI=1S/C11H17N.ClH/c1-10(2)12-9-8-11-6-4-3-5-7-11;/h3-7,10,12H,8-9H2,1-2H3;1H/p-1. The molecule has 0 amide bonds. The molecule has 1 aromatic carbocycles. The molecule has 0 saturated carbocycles. The summed E-state index contributed by atoms with van der Waals surface area (Å²) in [5.74, 6) is 0. The smallest absolute Gasteiger partial charge is 0.00105 e. The Kier molecular flexibility index (Phi) is 6.65. The third kappa shape index (κ3) is 5.67. The van der Waals surface area contributed by atoms with Gasteiger partial charge in [-0.3, -0.25) is 0 Å². The Morgan fingerprint density at radius 1 is 1.15 bits per heavy atom. The van der Waals surface area contributed by atoms with Crippen LogP contribution >= 0.6 is 0 Å². The summed E-state index contributed by atoms with van der Waals surface area (Å²) in [6.45, 7) is 5.41. The van der Waals surface area contributed by atoms with Gasteiger partial charge in [-0.2, -0.15) is 0 Å². The first-order valence-corrected chi connectivity index (χ1v) is 4.56. The van der Waals surface area contributed by atoms with E-state index < -0.39 is 0 Å². The fraction of sp³-hybridized carbons (Fsp3) is 0.455. The highest BCUT2D eigenvalue weighted by Crippen LogP contribution is 1.98. The summed E-state index contributed by atoms with van der Waals surface area (Å²) >= 11 is 0. The minimum atomic E-state index is 0. The average molecular weight is 199 g/mol. The molecule has 0 aliphatic heterocycles. The molecule has 0 aliphatic carbocycles. The minimum Gasteiger partial charge on any atom is -1.00 e. The number of hydrogen-bond acceptors (Lipinski definition) is 1. The van der Waals surface area contributed by atoms with Crippen molar-refractivity contribution in [2.45, 2.75) is 26.3 Å². The first kappa shape index (κ1) is 12.5. The topological polar surface area (TPSA) is 12.0 Å². The van der Waals surface area contributed by atoms with Crippen LogP contribution in [-0.2, 0) is 6.42 Å². The molecule has 1 rings (SSSR count). The quantitative estimate of drug-likeness (QED) is 0.671. The summed E-state index contributed by atoms with van der Waals surface area (Å²) in [6, 6.07) is 11.2. The van der Waals surface area contributed by atoms with E-state index in [9.17, 15) is 0 Å². The minimum absolute atomic E-state index is 0. The van der Waals surface area contributed by atoms with E-state index in [-0.39, 0.29) is 12.4 Å². The number of hydrogen-bond donors (Lipinski definition) is 1. The summed E-state index contributed by atoms with van der Waals surface area (Å²) in [5.41, 5.74) is 1.41. The molecule has 1 N–H and O–H groups in total. The monoisotopic (exact) mass is 198 g/mol. The molecule has 0 atom stereocenters. The lowest BCUT2D eigenvalue weighted by molar-refractivity contribution is -0.00000280. The lowest BCUT2D eigenvalue weighted by atomic mass is 10.1. The van der Waals surface area contributed by atoms with Crippen molar-refractivity contribution in [3.8, 4) is 0 Å². The van der Waals surface area contributed by atoms with Gasteiger partial charge in [0, 0.05) is 6.04 Å². The molecule has 0 radical (unpaired) electrons. The van der Waals surface area contributed by atoms with Crippen LogP contribution in [0.3, 0.4) is 0 Å². The molecule has 0 heterocycles. The Hall–Kier alpha value is -0.530. The molecule has 74 valence electrons. The molecule has 13 heavy (non-hydrogen) atoms. The molecule has 1 nitrogen and oxygen atoms in total. The molecule has 0 aliphatic rings. The van der Waals surface area contributed by atoms with Gasteiger partial charge in [-0.05, 0) is 18.5 Å². The zero-order valence-corrected chi connectivity index (χ0v) is 9.01. The van der Waals surface area contributed by atoms with E-state index in [1.165, 1.54) is 5.56 Å². The van der Waals surface area contributed by atoms with E-state index in [4.69, 9.17) is 0 Å². The SMILES string of the molecule is CC(C)NCCc1ccccc1.[Cl-]. The summed E-state index contributed by atoms with van der Waals surface area (Å²) in [7, 11) is 0. The Balaban J connectivity index is 0.00000144. The second kappa shape index (κ2) is 6.93. The van der Waals surface area contributed by atoms with Gasteiger partial charge in [0.2, 0.25) is 0 Å². The van der Waals surface area contributed by atoms with Crippen LogP contribution in [0.1, 0.15) is 19.4 Å². The van der Waals surface area contributed by atoms with Gasteiger partial charge < -0.3 is 17.7 Å². The van der Waals surface area contributed by atoms with Crippen molar-refractivity contribution in [1.82, 2.24) is 5.32 Å². The highest BCUT2D eigenvalue weighted by Gasteiger charge is 1.92. The number of halogens is 1. The van der Waals surface area contributed by atoms with Gasteiger partial charge in [0.05, 0.1) is 0 Å². The second-order valence-electron chi connectivity index (χ2n) is 3.34. The first-order valence-electron chi connectivity index (χ1n) is 4.56. The Bertz CT molecular complexity index is 209. The number of rotatable bonds is 4. The van der Waals surface area contributed by atoms with Gasteiger partial charge in [-0.1, -0.05) is 44.2 Å². The normalized spacial score (nSPS) is 9.77. The summed E-state index contributed by atoms with van der Waals surface area (Å²) in [4.78, 5) is 0. The Labute approximate surface area is 87.0 Å². The molecule has 0 bridgehead atoms. The van der Waals surface area contributed by atoms with Crippen LogP contribution in [0.5, 0.6) is 0 Å². The van der Waals surface area contributed by atoms with E-state index in [0.717, 1.165) is 13.0 Å². The lowest BCUT2D eigenvalue weighted by Crippen LogP contribution is -3.00.